The minimum Gasteiger partial charge on any atom is -0.461 e. The quantitative estimate of drug-likeness (QED) is 0.0888. The molecule has 2 nitrogen and oxygen atoms in total. The molecule has 0 spiro atoms. The molecule has 0 atom stereocenters. The zero-order chi connectivity index (χ0) is 33.1. The molecule has 0 saturated carbocycles. The van der Waals surface area contributed by atoms with Crippen LogP contribution in [0.4, 0.5) is 0 Å². The predicted octanol–water partition coefficient (Wildman–Crippen LogP) is 11.5. The van der Waals surface area contributed by atoms with Gasteiger partial charge in [-0.25, -0.2) is 0 Å². The van der Waals surface area contributed by atoms with Gasteiger partial charge in [0.15, 0.2) is 0 Å². The molecule has 0 aromatic carbocycles. The van der Waals surface area contributed by atoms with E-state index in [1.165, 1.54) is 94.1 Å². The fraction of sp³-hybridized carbons (Fsp3) is 0.694. The third kappa shape index (κ3) is 16.9. The number of rotatable bonds is 20. The molecule has 0 radical (unpaired) electrons. The highest BCUT2D eigenvalue weighted by atomic mass is 16.5. The fourth-order valence-electron chi connectivity index (χ4n) is 5.15. The molecular formula is C36H60O2. The second kappa shape index (κ2) is 21.0. The van der Waals surface area contributed by atoms with Crippen molar-refractivity contribution in [1.29, 1.82) is 0 Å². The van der Waals surface area contributed by atoms with Gasteiger partial charge in [-0.2, -0.15) is 0 Å². The lowest BCUT2D eigenvalue weighted by Crippen LogP contribution is -2.19. The van der Waals surface area contributed by atoms with E-state index in [9.17, 15) is 4.79 Å². The van der Waals surface area contributed by atoms with E-state index in [0.717, 1.165) is 44.1 Å². The number of hydrogen-bond donors (Lipinski definition) is 0. The van der Waals surface area contributed by atoms with Crippen molar-refractivity contribution in [2.24, 2.45) is 5.41 Å². The van der Waals surface area contributed by atoms with E-state index >= 15 is 0 Å². The number of unbranched alkanes of at least 4 members (excludes halogenated alkanes) is 12. The molecule has 0 aromatic heterocycles. The van der Waals surface area contributed by atoms with Crippen LogP contribution in [0.15, 0.2) is 58.7 Å². The summed E-state index contributed by atoms with van der Waals surface area (Å²) in [7, 11) is 0. The third-order valence-electron chi connectivity index (χ3n) is 7.56. The number of hydrogen-bond acceptors (Lipinski definition) is 2. The van der Waals surface area contributed by atoms with Gasteiger partial charge in [-0.1, -0.05) is 145 Å². The molecule has 0 N–H and O–H groups in total. The molecule has 0 aromatic rings. The summed E-state index contributed by atoms with van der Waals surface area (Å²) in [4.78, 5) is 12.2. The van der Waals surface area contributed by atoms with Gasteiger partial charge in [-0.15, -0.1) is 0 Å². The van der Waals surface area contributed by atoms with Crippen LogP contribution in [0.1, 0.15) is 159 Å². The average molecular weight is 531 g/mol. The number of ether oxygens (including phenoxy) is 1. The summed E-state index contributed by atoms with van der Waals surface area (Å²) < 4.78 is 52.7. The molecule has 0 bridgehead atoms. The second-order valence-corrected chi connectivity index (χ2v) is 11.6. The molecule has 0 saturated heterocycles. The maximum absolute atomic E-state index is 12.2. The van der Waals surface area contributed by atoms with Gasteiger partial charge in [0.05, 0.1) is 0 Å². The minimum absolute atomic E-state index is 0.00310. The Morgan fingerprint density at radius 2 is 1.50 bits per heavy atom. The van der Waals surface area contributed by atoms with E-state index in [1.807, 2.05) is 6.08 Å². The Morgan fingerprint density at radius 1 is 0.895 bits per heavy atom. The molecule has 0 aliphatic heterocycles. The van der Waals surface area contributed by atoms with E-state index in [-0.39, 0.29) is 29.1 Å². The highest BCUT2D eigenvalue weighted by Crippen LogP contribution is 2.40. The second-order valence-electron chi connectivity index (χ2n) is 11.6. The lowest BCUT2D eigenvalue weighted by molar-refractivity contribution is -0.142. The lowest BCUT2D eigenvalue weighted by Gasteiger charge is -2.32. The van der Waals surface area contributed by atoms with Gasteiger partial charge in [0.25, 0.3) is 0 Å². The monoisotopic (exact) mass is 530 g/mol. The van der Waals surface area contributed by atoms with Crippen LogP contribution >= 0.6 is 0 Å². The van der Waals surface area contributed by atoms with Gasteiger partial charge >= 0.3 is 5.97 Å². The van der Waals surface area contributed by atoms with Crippen LogP contribution in [0.25, 0.3) is 0 Å². The first-order chi connectivity index (χ1) is 20.7. The average Bonchev–Trinajstić information content (AvgIpc) is 2.91. The largest absolute Gasteiger partial charge is 0.461 e. The van der Waals surface area contributed by atoms with Crippen molar-refractivity contribution in [3.63, 3.8) is 0 Å². The SMILES string of the molecule is [2H]C([2H])([2H])C(/C=C/C1=C(C)CCCC1(C)C)=C\C=C\C(=C\COC(=O)CCCCCCCCCCCCCCC)C([2H])([2H])[2H]. The van der Waals surface area contributed by atoms with Crippen LogP contribution in [-0.2, 0) is 9.53 Å². The topological polar surface area (TPSA) is 26.3 Å². The van der Waals surface area contributed by atoms with Crippen LogP contribution < -0.4 is 0 Å². The summed E-state index contributed by atoms with van der Waals surface area (Å²) in [5.74, 6) is -0.330. The summed E-state index contributed by atoms with van der Waals surface area (Å²) in [6.45, 7) is 3.79. The molecule has 0 unspecified atom stereocenters. The van der Waals surface area contributed by atoms with Gasteiger partial charge in [-0.3, -0.25) is 4.79 Å². The number of allylic oxidation sites excluding steroid dienone is 9. The third-order valence-corrected chi connectivity index (χ3v) is 7.56. The zero-order valence-corrected chi connectivity index (χ0v) is 25.0. The van der Waals surface area contributed by atoms with E-state index in [1.54, 1.807) is 6.08 Å². The van der Waals surface area contributed by atoms with E-state index in [2.05, 4.69) is 27.7 Å². The van der Waals surface area contributed by atoms with Crippen molar-refractivity contribution in [3.05, 3.63) is 58.7 Å². The number of carbonyl (C=O) groups excluding carboxylic acids is 1. The first-order valence-electron chi connectivity index (χ1n) is 18.3. The molecule has 1 aliphatic rings. The molecule has 0 fully saturated rings. The molecule has 38 heavy (non-hydrogen) atoms. The highest BCUT2D eigenvalue weighted by molar-refractivity contribution is 5.69. The fourth-order valence-corrected chi connectivity index (χ4v) is 5.15. The van der Waals surface area contributed by atoms with Crippen LogP contribution in [0.5, 0.6) is 0 Å². The summed E-state index contributed by atoms with van der Waals surface area (Å²) in [5, 5.41) is 0. The van der Waals surface area contributed by atoms with Gasteiger partial charge < -0.3 is 4.74 Å². The van der Waals surface area contributed by atoms with Crippen molar-refractivity contribution in [1.82, 2.24) is 0 Å². The summed E-state index contributed by atoms with van der Waals surface area (Å²) in [6.07, 6.45) is 28.7. The molecule has 0 amide bonds. The van der Waals surface area contributed by atoms with Crippen molar-refractivity contribution >= 4 is 5.97 Å². The Morgan fingerprint density at radius 3 is 2.08 bits per heavy atom. The molecule has 1 rings (SSSR count). The Hall–Kier alpha value is -1.83. The first kappa shape index (κ1) is 25.2. The van der Waals surface area contributed by atoms with Crippen LogP contribution in [0.2, 0.25) is 0 Å². The van der Waals surface area contributed by atoms with Crippen LogP contribution in [0.3, 0.4) is 0 Å². The lowest BCUT2D eigenvalue weighted by atomic mass is 9.72. The normalized spacial score (nSPS) is 19.7. The summed E-state index contributed by atoms with van der Waals surface area (Å²) in [5.41, 5.74) is 2.55. The minimum atomic E-state index is -2.42. The van der Waals surface area contributed by atoms with E-state index < -0.39 is 13.7 Å². The summed E-state index contributed by atoms with van der Waals surface area (Å²) in [6, 6.07) is 0. The maximum Gasteiger partial charge on any atom is 0.306 e. The van der Waals surface area contributed by atoms with Gasteiger partial charge in [0.1, 0.15) is 6.61 Å². The summed E-state index contributed by atoms with van der Waals surface area (Å²) >= 11 is 0. The van der Waals surface area contributed by atoms with Crippen molar-refractivity contribution in [2.75, 3.05) is 6.61 Å². The van der Waals surface area contributed by atoms with E-state index in [0.29, 0.717) is 6.42 Å². The maximum atomic E-state index is 12.2. The number of carbonyl (C=O) groups is 1. The van der Waals surface area contributed by atoms with Gasteiger partial charge in [0.2, 0.25) is 0 Å². The Balaban J connectivity index is 2.54. The van der Waals surface area contributed by atoms with Crippen LogP contribution in [-0.4, -0.2) is 12.6 Å². The first-order valence-corrected chi connectivity index (χ1v) is 15.3. The van der Waals surface area contributed by atoms with Crippen molar-refractivity contribution < 1.29 is 17.8 Å². The molecule has 216 valence electrons. The van der Waals surface area contributed by atoms with Crippen molar-refractivity contribution in [2.45, 2.75) is 151 Å². The van der Waals surface area contributed by atoms with Crippen molar-refractivity contribution in [3.8, 4) is 0 Å². The van der Waals surface area contributed by atoms with Crippen LogP contribution in [0, 0.1) is 5.41 Å². The molecule has 1 aliphatic carbocycles. The zero-order valence-electron chi connectivity index (χ0n) is 31.0. The molecule has 0 heterocycles. The molecule has 2 heteroatoms. The standard InChI is InChI=1S/C36H60O2/c1-7-8-9-10-11-12-13-14-15-16-17-18-19-25-35(37)38-30-28-32(3)23-20-22-31(2)26-27-34-33(4)24-21-29-36(34,5)6/h20,22-23,26-28H,7-19,21,24-25,29-30H2,1-6H3/b23-20+,27-26+,31-22+,32-28+/i2D3,3D3. The molecular weight excluding hydrogens is 464 g/mol. The predicted molar refractivity (Wildman–Crippen MR) is 167 cm³/mol. The highest BCUT2D eigenvalue weighted by Gasteiger charge is 2.26. The van der Waals surface area contributed by atoms with Gasteiger partial charge in [0, 0.05) is 14.6 Å². The van der Waals surface area contributed by atoms with E-state index in [4.69, 9.17) is 13.0 Å². The Bertz CT molecular complexity index is 993. The van der Waals surface area contributed by atoms with Gasteiger partial charge in [-0.05, 0) is 63.4 Å². The Labute approximate surface area is 245 Å². The Kier molecular flexibility index (Phi) is 13.9. The number of esters is 1. The smallest absolute Gasteiger partial charge is 0.306 e.